The number of nitrogens with one attached hydrogen (secondary N) is 1. The van der Waals surface area contributed by atoms with Crippen LogP contribution < -0.4 is 15.0 Å². The Labute approximate surface area is 109 Å². The maximum atomic E-state index is 5.65. The first-order valence-corrected chi connectivity index (χ1v) is 6.50. The van der Waals surface area contributed by atoms with Crippen LogP contribution in [0.5, 0.6) is 5.75 Å². The SMILES string of the molecule is COCCOc1cccc(N2CCNCC2C)c1. The normalized spacial score (nSPS) is 19.9. The molecule has 1 unspecified atom stereocenters. The summed E-state index contributed by atoms with van der Waals surface area (Å²) >= 11 is 0. The van der Waals surface area contributed by atoms with E-state index >= 15 is 0 Å². The molecule has 1 aliphatic heterocycles. The molecule has 0 bridgehead atoms. The van der Waals surface area contributed by atoms with Crippen LogP contribution in [0.15, 0.2) is 24.3 Å². The molecule has 1 heterocycles. The third-order valence-corrected chi connectivity index (χ3v) is 3.21. The highest BCUT2D eigenvalue weighted by Gasteiger charge is 2.18. The van der Waals surface area contributed by atoms with Gasteiger partial charge in [0.15, 0.2) is 0 Å². The van der Waals surface area contributed by atoms with E-state index in [0.717, 1.165) is 25.4 Å². The van der Waals surface area contributed by atoms with E-state index < -0.39 is 0 Å². The fraction of sp³-hybridized carbons (Fsp3) is 0.571. The molecule has 1 aromatic carbocycles. The van der Waals surface area contributed by atoms with E-state index in [1.165, 1.54) is 5.69 Å². The van der Waals surface area contributed by atoms with Crippen molar-refractivity contribution >= 4 is 5.69 Å². The molecular weight excluding hydrogens is 228 g/mol. The van der Waals surface area contributed by atoms with Crippen LogP contribution in [0.4, 0.5) is 5.69 Å². The Kier molecular flexibility index (Phi) is 4.84. The molecule has 1 fully saturated rings. The number of benzene rings is 1. The van der Waals surface area contributed by atoms with Gasteiger partial charge in [-0.25, -0.2) is 0 Å². The van der Waals surface area contributed by atoms with Gasteiger partial charge in [-0.1, -0.05) is 6.07 Å². The van der Waals surface area contributed by atoms with Crippen molar-refractivity contribution in [2.24, 2.45) is 0 Å². The Morgan fingerprint density at radius 3 is 3.06 bits per heavy atom. The van der Waals surface area contributed by atoms with E-state index in [2.05, 4.69) is 29.3 Å². The van der Waals surface area contributed by atoms with Crippen molar-refractivity contribution in [1.82, 2.24) is 5.32 Å². The van der Waals surface area contributed by atoms with E-state index in [9.17, 15) is 0 Å². The summed E-state index contributed by atoms with van der Waals surface area (Å²) in [7, 11) is 1.68. The molecule has 1 saturated heterocycles. The molecule has 1 aliphatic rings. The second-order valence-corrected chi connectivity index (χ2v) is 4.59. The lowest BCUT2D eigenvalue weighted by Crippen LogP contribution is -2.49. The highest BCUT2D eigenvalue weighted by atomic mass is 16.5. The zero-order valence-electron chi connectivity index (χ0n) is 11.2. The minimum absolute atomic E-state index is 0.521. The average Bonchev–Trinajstić information content (AvgIpc) is 2.40. The molecule has 1 N–H and O–H groups in total. The quantitative estimate of drug-likeness (QED) is 0.803. The van der Waals surface area contributed by atoms with E-state index in [-0.39, 0.29) is 0 Å². The Morgan fingerprint density at radius 2 is 2.28 bits per heavy atom. The molecule has 100 valence electrons. The van der Waals surface area contributed by atoms with E-state index in [0.29, 0.717) is 19.3 Å². The zero-order valence-corrected chi connectivity index (χ0v) is 11.2. The number of methoxy groups -OCH3 is 1. The molecular formula is C14H22N2O2. The Balaban J connectivity index is 2.01. The Morgan fingerprint density at radius 1 is 1.39 bits per heavy atom. The summed E-state index contributed by atoms with van der Waals surface area (Å²) in [5, 5.41) is 3.40. The number of hydrogen-bond acceptors (Lipinski definition) is 4. The van der Waals surface area contributed by atoms with Gasteiger partial charge in [-0.3, -0.25) is 0 Å². The Bertz CT molecular complexity index is 371. The molecule has 0 saturated carbocycles. The van der Waals surface area contributed by atoms with E-state index in [4.69, 9.17) is 9.47 Å². The first kappa shape index (κ1) is 13.2. The number of nitrogens with zero attached hydrogens (tertiary/aromatic N) is 1. The molecule has 18 heavy (non-hydrogen) atoms. The first-order chi connectivity index (χ1) is 8.81. The van der Waals surface area contributed by atoms with Crippen LogP contribution in [-0.4, -0.2) is 46.0 Å². The molecule has 0 aromatic heterocycles. The molecule has 0 aliphatic carbocycles. The van der Waals surface area contributed by atoms with Gasteiger partial charge in [0.2, 0.25) is 0 Å². The van der Waals surface area contributed by atoms with Crippen molar-refractivity contribution in [3.63, 3.8) is 0 Å². The molecule has 2 rings (SSSR count). The monoisotopic (exact) mass is 250 g/mol. The van der Waals surface area contributed by atoms with Crippen LogP contribution in [-0.2, 0) is 4.74 Å². The van der Waals surface area contributed by atoms with Gasteiger partial charge in [0.1, 0.15) is 12.4 Å². The predicted octanol–water partition coefficient (Wildman–Crippen LogP) is 1.51. The largest absolute Gasteiger partial charge is 0.491 e. The van der Waals surface area contributed by atoms with Crippen molar-refractivity contribution in [1.29, 1.82) is 0 Å². The predicted molar refractivity (Wildman–Crippen MR) is 73.5 cm³/mol. The summed E-state index contributed by atoms with van der Waals surface area (Å²) < 4.78 is 10.6. The smallest absolute Gasteiger partial charge is 0.121 e. The lowest BCUT2D eigenvalue weighted by Gasteiger charge is -2.36. The van der Waals surface area contributed by atoms with E-state index in [1.807, 2.05) is 12.1 Å². The van der Waals surface area contributed by atoms with Crippen molar-refractivity contribution in [2.45, 2.75) is 13.0 Å². The van der Waals surface area contributed by atoms with Gasteiger partial charge in [-0.05, 0) is 19.1 Å². The number of hydrogen-bond donors (Lipinski definition) is 1. The van der Waals surface area contributed by atoms with Crippen LogP contribution in [0, 0.1) is 0 Å². The third-order valence-electron chi connectivity index (χ3n) is 3.21. The summed E-state index contributed by atoms with van der Waals surface area (Å²) in [6, 6.07) is 8.81. The minimum atomic E-state index is 0.521. The molecule has 0 radical (unpaired) electrons. The lowest BCUT2D eigenvalue weighted by atomic mass is 10.2. The number of ether oxygens (including phenoxy) is 2. The van der Waals surface area contributed by atoms with Crippen molar-refractivity contribution in [3.05, 3.63) is 24.3 Å². The van der Waals surface area contributed by atoms with Crippen LogP contribution in [0.1, 0.15) is 6.92 Å². The summed E-state index contributed by atoms with van der Waals surface area (Å²) in [6.45, 7) is 6.58. The van der Waals surface area contributed by atoms with Crippen LogP contribution in [0.25, 0.3) is 0 Å². The van der Waals surface area contributed by atoms with Crippen molar-refractivity contribution < 1.29 is 9.47 Å². The second kappa shape index (κ2) is 6.61. The number of rotatable bonds is 5. The van der Waals surface area contributed by atoms with Crippen LogP contribution in [0.2, 0.25) is 0 Å². The molecule has 4 heteroatoms. The van der Waals surface area contributed by atoms with E-state index in [1.54, 1.807) is 7.11 Å². The average molecular weight is 250 g/mol. The highest BCUT2D eigenvalue weighted by molar-refractivity contribution is 5.52. The molecule has 4 nitrogen and oxygen atoms in total. The van der Waals surface area contributed by atoms with Gasteiger partial charge in [0.25, 0.3) is 0 Å². The van der Waals surface area contributed by atoms with Crippen molar-refractivity contribution in [2.75, 3.05) is 44.9 Å². The summed E-state index contributed by atoms with van der Waals surface area (Å²) in [6.07, 6.45) is 0. The van der Waals surface area contributed by atoms with Gasteiger partial charge in [0.05, 0.1) is 6.61 Å². The molecule has 0 spiro atoms. The molecule has 1 aromatic rings. The lowest BCUT2D eigenvalue weighted by molar-refractivity contribution is 0.146. The Hall–Kier alpha value is -1.26. The fourth-order valence-electron chi connectivity index (χ4n) is 2.22. The second-order valence-electron chi connectivity index (χ2n) is 4.59. The zero-order chi connectivity index (χ0) is 12.8. The number of piperazine rings is 1. The van der Waals surface area contributed by atoms with Gasteiger partial charge >= 0.3 is 0 Å². The fourth-order valence-corrected chi connectivity index (χ4v) is 2.22. The van der Waals surface area contributed by atoms with Gasteiger partial charge < -0.3 is 19.7 Å². The third kappa shape index (κ3) is 3.37. The van der Waals surface area contributed by atoms with Gasteiger partial charge in [-0.15, -0.1) is 0 Å². The first-order valence-electron chi connectivity index (χ1n) is 6.50. The van der Waals surface area contributed by atoms with Gasteiger partial charge in [0, 0.05) is 44.5 Å². The maximum Gasteiger partial charge on any atom is 0.121 e. The topological polar surface area (TPSA) is 33.7 Å². The molecule has 1 atom stereocenters. The van der Waals surface area contributed by atoms with Crippen LogP contribution in [0.3, 0.4) is 0 Å². The summed E-state index contributed by atoms with van der Waals surface area (Å²) in [5.74, 6) is 0.912. The van der Waals surface area contributed by atoms with Crippen LogP contribution >= 0.6 is 0 Å². The highest BCUT2D eigenvalue weighted by Crippen LogP contribution is 2.23. The molecule has 0 amide bonds. The summed E-state index contributed by atoms with van der Waals surface area (Å²) in [5.41, 5.74) is 1.24. The van der Waals surface area contributed by atoms with Gasteiger partial charge in [-0.2, -0.15) is 0 Å². The maximum absolute atomic E-state index is 5.65. The standard InChI is InChI=1S/C14H22N2O2/c1-12-11-15-6-7-16(12)13-4-3-5-14(10-13)18-9-8-17-2/h3-5,10,12,15H,6-9,11H2,1-2H3. The summed E-state index contributed by atoms with van der Waals surface area (Å²) in [4.78, 5) is 2.42. The number of anilines is 1. The minimum Gasteiger partial charge on any atom is -0.491 e. The van der Waals surface area contributed by atoms with Crippen molar-refractivity contribution in [3.8, 4) is 5.75 Å².